The van der Waals surface area contributed by atoms with Crippen molar-refractivity contribution in [3.8, 4) is 0 Å². The zero-order chi connectivity index (χ0) is 19.5. The van der Waals surface area contributed by atoms with Crippen LogP contribution < -0.4 is 10.6 Å². The van der Waals surface area contributed by atoms with Crippen LogP contribution in [-0.4, -0.2) is 21.1 Å². The van der Waals surface area contributed by atoms with E-state index in [0.29, 0.717) is 11.6 Å². The Labute approximate surface area is 163 Å². The molecule has 0 unspecified atom stereocenters. The standard InChI is InChI=1S/C22H21N5O/c1-14-7-8-18(15(2)11-14)24-20-9-10-21(27-26-20)25-22(28)12-16-13-23-19-6-4-3-5-17(16)19/h3-11,13,23H,12H2,1-2H3,(H,24,26)(H,25,27,28). The van der Waals surface area contributed by atoms with Gasteiger partial charge in [-0.3, -0.25) is 4.79 Å². The number of aryl methyl sites for hydroxylation is 2. The third-order valence-corrected chi connectivity index (χ3v) is 4.60. The number of anilines is 3. The van der Waals surface area contributed by atoms with E-state index in [4.69, 9.17) is 0 Å². The minimum Gasteiger partial charge on any atom is -0.361 e. The molecule has 0 atom stereocenters. The molecule has 3 N–H and O–H groups in total. The molecular formula is C22H21N5O. The number of H-pyrrole nitrogens is 1. The molecule has 6 nitrogen and oxygen atoms in total. The summed E-state index contributed by atoms with van der Waals surface area (Å²) in [6.07, 6.45) is 2.14. The van der Waals surface area contributed by atoms with Crippen molar-refractivity contribution in [2.75, 3.05) is 10.6 Å². The van der Waals surface area contributed by atoms with Crippen molar-refractivity contribution in [2.24, 2.45) is 0 Å². The van der Waals surface area contributed by atoms with Gasteiger partial charge in [-0.05, 0) is 49.2 Å². The number of aromatic amines is 1. The molecule has 0 aliphatic carbocycles. The predicted molar refractivity (Wildman–Crippen MR) is 112 cm³/mol. The van der Waals surface area contributed by atoms with Gasteiger partial charge in [-0.25, -0.2) is 0 Å². The van der Waals surface area contributed by atoms with Crippen molar-refractivity contribution in [3.63, 3.8) is 0 Å². The number of rotatable bonds is 5. The fourth-order valence-corrected chi connectivity index (χ4v) is 3.20. The molecule has 28 heavy (non-hydrogen) atoms. The van der Waals surface area contributed by atoms with E-state index in [1.807, 2.05) is 49.5 Å². The van der Waals surface area contributed by atoms with E-state index in [0.717, 1.165) is 27.7 Å². The summed E-state index contributed by atoms with van der Waals surface area (Å²) in [7, 11) is 0. The molecule has 140 valence electrons. The zero-order valence-electron chi connectivity index (χ0n) is 15.8. The van der Waals surface area contributed by atoms with Crippen molar-refractivity contribution in [3.05, 3.63) is 77.5 Å². The van der Waals surface area contributed by atoms with Crippen LogP contribution in [0, 0.1) is 13.8 Å². The number of carbonyl (C=O) groups excluding carboxylic acids is 1. The van der Waals surface area contributed by atoms with Crippen LogP contribution in [0.1, 0.15) is 16.7 Å². The normalized spacial score (nSPS) is 10.8. The van der Waals surface area contributed by atoms with E-state index in [1.54, 1.807) is 12.1 Å². The fraction of sp³-hybridized carbons (Fsp3) is 0.136. The number of hydrogen-bond donors (Lipinski definition) is 3. The van der Waals surface area contributed by atoms with Gasteiger partial charge in [0.2, 0.25) is 5.91 Å². The number of fused-ring (bicyclic) bond motifs is 1. The van der Waals surface area contributed by atoms with Gasteiger partial charge in [-0.2, -0.15) is 0 Å². The highest BCUT2D eigenvalue weighted by molar-refractivity contribution is 5.95. The Kier molecular flexibility index (Phi) is 4.76. The van der Waals surface area contributed by atoms with Crippen molar-refractivity contribution < 1.29 is 4.79 Å². The second-order valence-electron chi connectivity index (χ2n) is 6.83. The maximum atomic E-state index is 12.4. The molecular weight excluding hydrogens is 350 g/mol. The molecule has 2 aromatic heterocycles. The minimum atomic E-state index is -0.130. The minimum absolute atomic E-state index is 0.130. The van der Waals surface area contributed by atoms with E-state index in [2.05, 4.69) is 38.8 Å². The van der Waals surface area contributed by atoms with Crippen molar-refractivity contribution >= 4 is 34.1 Å². The lowest BCUT2D eigenvalue weighted by Gasteiger charge is -2.09. The summed E-state index contributed by atoms with van der Waals surface area (Å²) < 4.78 is 0. The number of hydrogen-bond acceptors (Lipinski definition) is 4. The maximum absolute atomic E-state index is 12.4. The lowest BCUT2D eigenvalue weighted by Crippen LogP contribution is -2.15. The van der Waals surface area contributed by atoms with Crippen molar-refractivity contribution in [1.82, 2.24) is 15.2 Å². The lowest BCUT2D eigenvalue weighted by atomic mass is 10.1. The Morgan fingerprint density at radius 2 is 1.79 bits per heavy atom. The van der Waals surface area contributed by atoms with E-state index >= 15 is 0 Å². The molecule has 0 saturated heterocycles. The van der Waals surface area contributed by atoms with Gasteiger partial charge in [0.05, 0.1) is 6.42 Å². The molecule has 0 spiro atoms. The van der Waals surface area contributed by atoms with E-state index in [9.17, 15) is 4.79 Å². The smallest absolute Gasteiger partial charge is 0.230 e. The van der Waals surface area contributed by atoms with Crippen LogP contribution >= 0.6 is 0 Å². The lowest BCUT2D eigenvalue weighted by molar-refractivity contribution is -0.115. The van der Waals surface area contributed by atoms with Gasteiger partial charge in [-0.1, -0.05) is 35.9 Å². The molecule has 6 heteroatoms. The summed E-state index contributed by atoms with van der Waals surface area (Å²) in [6.45, 7) is 4.10. The van der Waals surface area contributed by atoms with Crippen molar-refractivity contribution in [1.29, 1.82) is 0 Å². The van der Waals surface area contributed by atoms with Crippen LogP contribution in [0.2, 0.25) is 0 Å². The van der Waals surface area contributed by atoms with Gasteiger partial charge in [0.1, 0.15) is 0 Å². The zero-order valence-corrected chi connectivity index (χ0v) is 15.8. The maximum Gasteiger partial charge on any atom is 0.230 e. The highest BCUT2D eigenvalue weighted by Gasteiger charge is 2.10. The Morgan fingerprint density at radius 1 is 1.00 bits per heavy atom. The van der Waals surface area contributed by atoms with Crippen LogP contribution in [0.25, 0.3) is 10.9 Å². The average molecular weight is 371 g/mol. The number of amides is 1. The van der Waals surface area contributed by atoms with Gasteiger partial charge in [0.15, 0.2) is 11.6 Å². The number of carbonyl (C=O) groups is 1. The monoisotopic (exact) mass is 371 g/mol. The SMILES string of the molecule is Cc1ccc(Nc2ccc(NC(=O)Cc3c[nH]c4ccccc34)nn2)c(C)c1. The third-order valence-electron chi connectivity index (χ3n) is 4.60. The van der Waals surface area contributed by atoms with Crippen LogP contribution in [0.15, 0.2) is 60.8 Å². The van der Waals surface area contributed by atoms with Gasteiger partial charge in [0.25, 0.3) is 0 Å². The largest absolute Gasteiger partial charge is 0.361 e. The Bertz CT molecular complexity index is 1130. The molecule has 0 radical (unpaired) electrons. The summed E-state index contributed by atoms with van der Waals surface area (Å²) in [5, 5.41) is 15.4. The third kappa shape index (κ3) is 3.86. The molecule has 4 rings (SSSR count). The summed E-state index contributed by atoms with van der Waals surface area (Å²) in [5.41, 5.74) is 5.30. The fourth-order valence-electron chi connectivity index (χ4n) is 3.20. The highest BCUT2D eigenvalue weighted by Crippen LogP contribution is 2.21. The van der Waals surface area contributed by atoms with Gasteiger partial charge in [0, 0.05) is 22.8 Å². The number of nitrogens with one attached hydrogen (secondary N) is 3. The average Bonchev–Trinajstić information content (AvgIpc) is 3.08. The number of benzene rings is 2. The van der Waals surface area contributed by atoms with E-state index in [-0.39, 0.29) is 12.3 Å². The Balaban J connectivity index is 1.40. The molecule has 0 bridgehead atoms. The van der Waals surface area contributed by atoms with Gasteiger partial charge >= 0.3 is 0 Å². The number of nitrogens with zero attached hydrogens (tertiary/aromatic N) is 2. The first kappa shape index (κ1) is 17.7. The molecule has 0 saturated carbocycles. The molecule has 4 aromatic rings. The highest BCUT2D eigenvalue weighted by atomic mass is 16.1. The first-order valence-corrected chi connectivity index (χ1v) is 9.11. The van der Waals surface area contributed by atoms with Crippen LogP contribution in [0.3, 0.4) is 0 Å². The van der Waals surface area contributed by atoms with Gasteiger partial charge < -0.3 is 15.6 Å². The topological polar surface area (TPSA) is 82.7 Å². The second-order valence-corrected chi connectivity index (χ2v) is 6.83. The summed E-state index contributed by atoms with van der Waals surface area (Å²) in [6, 6.07) is 17.6. The number of para-hydroxylation sites is 1. The van der Waals surface area contributed by atoms with Crippen LogP contribution in [0.5, 0.6) is 0 Å². The molecule has 2 heterocycles. The molecule has 0 fully saturated rings. The quantitative estimate of drug-likeness (QED) is 0.482. The second kappa shape index (κ2) is 7.52. The summed E-state index contributed by atoms with van der Waals surface area (Å²) >= 11 is 0. The van der Waals surface area contributed by atoms with Crippen molar-refractivity contribution in [2.45, 2.75) is 20.3 Å². The summed E-state index contributed by atoms with van der Waals surface area (Å²) in [5.74, 6) is 0.923. The van der Waals surface area contributed by atoms with Crippen LogP contribution in [0.4, 0.5) is 17.3 Å². The molecule has 0 aliphatic heterocycles. The molecule has 1 amide bonds. The Hall–Kier alpha value is -3.67. The Morgan fingerprint density at radius 3 is 2.57 bits per heavy atom. The molecule has 2 aromatic carbocycles. The first-order valence-electron chi connectivity index (χ1n) is 9.11. The van der Waals surface area contributed by atoms with Crippen LogP contribution in [-0.2, 0) is 11.2 Å². The van der Waals surface area contributed by atoms with E-state index < -0.39 is 0 Å². The predicted octanol–water partition coefficient (Wildman–Crippen LogP) is 4.50. The van der Waals surface area contributed by atoms with Gasteiger partial charge in [-0.15, -0.1) is 10.2 Å². The first-order chi connectivity index (χ1) is 13.6. The number of aromatic nitrogens is 3. The van der Waals surface area contributed by atoms with E-state index in [1.165, 1.54) is 5.56 Å². The molecule has 0 aliphatic rings. The summed E-state index contributed by atoms with van der Waals surface area (Å²) in [4.78, 5) is 15.5.